The quantitative estimate of drug-likeness (QED) is 0.895. The Labute approximate surface area is 119 Å². The minimum atomic E-state index is -0.761. The number of nitrogens with zero attached hydrogens (tertiary/aromatic N) is 1. The first kappa shape index (κ1) is 14.4. The number of ether oxygens (including phenoxy) is 1. The molecule has 0 bridgehead atoms. The van der Waals surface area contributed by atoms with Crippen molar-refractivity contribution in [3.8, 4) is 11.8 Å². The standard InChI is InChI=1S/C16H20N2O2/c1-11-6-12(2)8-14(7-11)20-9-15(19)18-16(3,10-17)13-4-5-13/h6-8,13H,4-5,9H2,1-3H3,(H,18,19). The highest BCUT2D eigenvalue weighted by Crippen LogP contribution is 2.39. The van der Waals surface area contributed by atoms with Crippen LogP contribution in [0.5, 0.6) is 5.75 Å². The first-order valence-electron chi connectivity index (χ1n) is 6.86. The molecular weight excluding hydrogens is 252 g/mol. The van der Waals surface area contributed by atoms with Gasteiger partial charge >= 0.3 is 0 Å². The van der Waals surface area contributed by atoms with Gasteiger partial charge in [0.15, 0.2) is 6.61 Å². The van der Waals surface area contributed by atoms with Crippen LogP contribution in [0.2, 0.25) is 0 Å². The van der Waals surface area contributed by atoms with Crippen LogP contribution < -0.4 is 10.1 Å². The molecule has 1 unspecified atom stereocenters. The topological polar surface area (TPSA) is 62.1 Å². The van der Waals surface area contributed by atoms with Gasteiger partial charge in [0.1, 0.15) is 11.3 Å². The van der Waals surface area contributed by atoms with E-state index in [1.54, 1.807) is 6.92 Å². The van der Waals surface area contributed by atoms with E-state index >= 15 is 0 Å². The van der Waals surface area contributed by atoms with Gasteiger partial charge in [0.05, 0.1) is 6.07 Å². The first-order valence-corrected chi connectivity index (χ1v) is 6.86. The lowest BCUT2D eigenvalue weighted by molar-refractivity contribution is -0.124. The van der Waals surface area contributed by atoms with Gasteiger partial charge in [0.2, 0.25) is 0 Å². The summed E-state index contributed by atoms with van der Waals surface area (Å²) < 4.78 is 5.50. The summed E-state index contributed by atoms with van der Waals surface area (Å²) in [5.41, 5.74) is 1.43. The molecule has 1 fully saturated rings. The number of carbonyl (C=O) groups is 1. The zero-order valence-electron chi connectivity index (χ0n) is 12.2. The van der Waals surface area contributed by atoms with Crippen LogP contribution in [0.4, 0.5) is 0 Å². The van der Waals surface area contributed by atoms with E-state index in [0.29, 0.717) is 5.75 Å². The van der Waals surface area contributed by atoms with Gasteiger partial charge < -0.3 is 10.1 Å². The molecule has 0 aliphatic heterocycles. The molecule has 2 rings (SSSR count). The molecule has 20 heavy (non-hydrogen) atoms. The van der Waals surface area contributed by atoms with Crippen LogP contribution in [-0.2, 0) is 4.79 Å². The molecule has 0 saturated heterocycles. The Bertz CT molecular complexity index is 538. The van der Waals surface area contributed by atoms with E-state index in [0.717, 1.165) is 24.0 Å². The smallest absolute Gasteiger partial charge is 0.259 e. The molecule has 4 nitrogen and oxygen atoms in total. The van der Waals surface area contributed by atoms with Crippen molar-refractivity contribution in [3.05, 3.63) is 29.3 Å². The second kappa shape index (κ2) is 5.54. The molecular formula is C16H20N2O2. The third kappa shape index (κ3) is 3.51. The molecule has 4 heteroatoms. The van der Waals surface area contributed by atoms with Gasteiger partial charge in [-0.3, -0.25) is 4.79 Å². The molecule has 1 aromatic carbocycles. The maximum absolute atomic E-state index is 11.9. The highest BCUT2D eigenvalue weighted by atomic mass is 16.5. The summed E-state index contributed by atoms with van der Waals surface area (Å²) in [7, 11) is 0. The summed E-state index contributed by atoms with van der Waals surface area (Å²) in [5, 5.41) is 12.0. The molecule has 1 saturated carbocycles. The van der Waals surface area contributed by atoms with E-state index in [1.165, 1.54) is 0 Å². The Morgan fingerprint density at radius 2 is 2.00 bits per heavy atom. The number of hydrogen-bond acceptors (Lipinski definition) is 3. The average molecular weight is 272 g/mol. The van der Waals surface area contributed by atoms with Crippen molar-refractivity contribution in [1.82, 2.24) is 5.32 Å². The fourth-order valence-corrected chi connectivity index (χ4v) is 2.37. The molecule has 1 aromatic rings. The Morgan fingerprint density at radius 3 is 2.50 bits per heavy atom. The van der Waals surface area contributed by atoms with Crippen molar-refractivity contribution < 1.29 is 9.53 Å². The maximum Gasteiger partial charge on any atom is 0.259 e. The SMILES string of the molecule is Cc1cc(C)cc(OCC(=O)NC(C)(C#N)C2CC2)c1. The van der Waals surface area contributed by atoms with Crippen LogP contribution >= 0.6 is 0 Å². The predicted molar refractivity (Wildman–Crippen MR) is 76.3 cm³/mol. The van der Waals surface area contributed by atoms with Gasteiger partial charge in [-0.1, -0.05) is 6.07 Å². The maximum atomic E-state index is 11.9. The minimum absolute atomic E-state index is 0.0626. The van der Waals surface area contributed by atoms with Gasteiger partial charge in [-0.2, -0.15) is 5.26 Å². The van der Waals surface area contributed by atoms with Crippen molar-refractivity contribution in [1.29, 1.82) is 5.26 Å². The summed E-state index contributed by atoms with van der Waals surface area (Å²) >= 11 is 0. The number of nitrogens with one attached hydrogen (secondary N) is 1. The Morgan fingerprint density at radius 1 is 1.40 bits per heavy atom. The number of benzene rings is 1. The lowest BCUT2D eigenvalue weighted by Gasteiger charge is -2.22. The fraction of sp³-hybridized carbons (Fsp3) is 0.500. The van der Waals surface area contributed by atoms with E-state index in [4.69, 9.17) is 4.74 Å². The number of amides is 1. The molecule has 0 aromatic heterocycles. The zero-order chi connectivity index (χ0) is 14.8. The van der Waals surface area contributed by atoms with Crippen LogP contribution in [-0.4, -0.2) is 18.1 Å². The molecule has 1 atom stereocenters. The van der Waals surface area contributed by atoms with Crippen molar-refractivity contribution in [2.24, 2.45) is 5.92 Å². The zero-order valence-corrected chi connectivity index (χ0v) is 12.2. The predicted octanol–water partition coefficient (Wildman–Crippen LogP) is 2.49. The van der Waals surface area contributed by atoms with Crippen molar-refractivity contribution in [2.75, 3.05) is 6.61 Å². The van der Waals surface area contributed by atoms with Crippen molar-refractivity contribution in [3.63, 3.8) is 0 Å². The van der Waals surface area contributed by atoms with Gasteiger partial charge in [0, 0.05) is 0 Å². The molecule has 1 aliphatic rings. The van der Waals surface area contributed by atoms with Crippen LogP contribution in [0, 0.1) is 31.1 Å². The molecule has 0 spiro atoms. The molecule has 0 heterocycles. The highest BCUT2D eigenvalue weighted by Gasteiger charge is 2.43. The monoisotopic (exact) mass is 272 g/mol. The third-order valence-electron chi connectivity index (χ3n) is 3.59. The second-order valence-electron chi connectivity index (χ2n) is 5.75. The van der Waals surface area contributed by atoms with Gasteiger partial charge in [0.25, 0.3) is 5.91 Å². The molecule has 1 aliphatic carbocycles. The molecule has 0 radical (unpaired) electrons. The van der Waals surface area contributed by atoms with E-state index < -0.39 is 5.54 Å². The summed E-state index contributed by atoms with van der Waals surface area (Å²) in [6, 6.07) is 8.04. The van der Waals surface area contributed by atoms with Crippen LogP contribution in [0.15, 0.2) is 18.2 Å². The summed E-state index contributed by atoms with van der Waals surface area (Å²) in [6.45, 7) is 5.69. The van der Waals surface area contributed by atoms with Crippen molar-refractivity contribution >= 4 is 5.91 Å². The Balaban J connectivity index is 1.90. The lowest BCUT2D eigenvalue weighted by Crippen LogP contribution is -2.48. The second-order valence-corrected chi connectivity index (χ2v) is 5.75. The first-order chi connectivity index (χ1) is 9.43. The van der Waals surface area contributed by atoms with Crippen molar-refractivity contribution in [2.45, 2.75) is 39.2 Å². The number of carbonyl (C=O) groups excluding carboxylic acids is 1. The number of rotatable bonds is 5. The fourth-order valence-electron chi connectivity index (χ4n) is 2.37. The van der Waals surface area contributed by atoms with E-state index in [1.807, 2.05) is 32.0 Å². The van der Waals surface area contributed by atoms with E-state index in [-0.39, 0.29) is 18.4 Å². The van der Waals surface area contributed by atoms with Crippen LogP contribution in [0.3, 0.4) is 0 Å². The average Bonchev–Trinajstić information content (AvgIpc) is 3.19. The highest BCUT2D eigenvalue weighted by molar-refractivity contribution is 5.79. The number of aryl methyl sites for hydroxylation is 2. The Hall–Kier alpha value is -2.02. The largest absolute Gasteiger partial charge is 0.484 e. The summed E-state index contributed by atoms with van der Waals surface area (Å²) in [5.74, 6) is 0.709. The third-order valence-corrected chi connectivity index (χ3v) is 3.59. The molecule has 106 valence electrons. The summed E-state index contributed by atoms with van der Waals surface area (Å²) in [6.07, 6.45) is 2.00. The van der Waals surface area contributed by atoms with Crippen LogP contribution in [0.25, 0.3) is 0 Å². The van der Waals surface area contributed by atoms with E-state index in [2.05, 4.69) is 11.4 Å². The summed E-state index contributed by atoms with van der Waals surface area (Å²) in [4.78, 5) is 11.9. The van der Waals surface area contributed by atoms with Gasteiger partial charge in [-0.05, 0) is 62.8 Å². The Kier molecular flexibility index (Phi) is 3.99. The minimum Gasteiger partial charge on any atom is -0.484 e. The number of nitriles is 1. The molecule has 1 N–H and O–H groups in total. The molecule has 1 amide bonds. The van der Waals surface area contributed by atoms with Gasteiger partial charge in [-0.25, -0.2) is 0 Å². The number of hydrogen-bond donors (Lipinski definition) is 1. The normalized spacial score (nSPS) is 16.9. The van der Waals surface area contributed by atoms with Gasteiger partial charge in [-0.15, -0.1) is 0 Å². The van der Waals surface area contributed by atoms with E-state index in [9.17, 15) is 10.1 Å². The van der Waals surface area contributed by atoms with Crippen LogP contribution in [0.1, 0.15) is 30.9 Å². The lowest BCUT2D eigenvalue weighted by atomic mass is 9.98.